The Bertz CT molecular complexity index is 665. The highest BCUT2D eigenvalue weighted by Crippen LogP contribution is 2.27. The number of anilines is 1. The second-order valence-electron chi connectivity index (χ2n) is 4.41. The average Bonchev–Trinajstić information content (AvgIpc) is 2.35. The summed E-state index contributed by atoms with van der Waals surface area (Å²) in [4.78, 5) is 58.1. The molecule has 0 aliphatic rings. The summed E-state index contributed by atoms with van der Waals surface area (Å²) in [5, 5.41) is 2.37. The smallest absolute Gasteiger partial charge is 0.321 e. The third kappa shape index (κ3) is 26.4. The first-order chi connectivity index (χ1) is 11.8. The maximum absolute atomic E-state index is 13.2. The van der Waals surface area contributed by atoms with Crippen LogP contribution >= 0.6 is 48.2 Å². The van der Waals surface area contributed by atoms with Crippen LogP contribution in [0.5, 0.6) is 0 Å². The monoisotopic (exact) mass is 526 g/mol. The molecule has 0 heterocycles. The third-order valence-electron chi connectivity index (χ3n) is 1.88. The van der Waals surface area contributed by atoms with Gasteiger partial charge in [-0.05, 0) is 35.7 Å². The molecule has 0 spiro atoms. The lowest BCUT2D eigenvalue weighted by Gasteiger charge is -2.22. The Morgan fingerprint density at radius 1 is 1.11 bits per heavy atom. The van der Waals surface area contributed by atoms with E-state index in [4.69, 9.17) is 64.2 Å². The van der Waals surface area contributed by atoms with Gasteiger partial charge in [0, 0.05) is 7.05 Å². The molecule has 2 amide bonds. The van der Waals surface area contributed by atoms with Gasteiger partial charge < -0.3 is 39.6 Å². The molecule has 17 heteroatoms. The summed E-state index contributed by atoms with van der Waals surface area (Å²) < 4.78 is 11.7. The largest absolute Gasteiger partial charge is 0.325 e. The van der Waals surface area contributed by atoms with Gasteiger partial charge in [0.1, 0.15) is 5.82 Å². The predicted molar refractivity (Wildman–Crippen MR) is 110 cm³/mol. The van der Waals surface area contributed by atoms with Crippen molar-refractivity contribution in [2.45, 2.75) is 3.79 Å². The predicted octanol–water partition coefficient (Wildman–Crippen LogP) is 2.04. The molecular formula is C10H16Cl3FN2O7P2S2. The minimum absolute atomic E-state index is 0.0775. The van der Waals surface area contributed by atoms with E-state index in [2.05, 4.69) is 28.9 Å². The second-order valence-corrected chi connectivity index (χ2v) is 11.9. The number of nitrogens with zero attached hydrogens (tertiary/aromatic N) is 1. The average molecular weight is 528 g/mol. The second kappa shape index (κ2) is 12.8. The van der Waals surface area contributed by atoms with Crippen molar-refractivity contribution in [2.75, 3.05) is 18.9 Å². The van der Waals surface area contributed by atoms with Crippen LogP contribution in [0.25, 0.3) is 0 Å². The van der Waals surface area contributed by atoms with Gasteiger partial charge in [0.2, 0.25) is 3.79 Å². The van der Waals surface area contributed by atoms with Crippen molar-refractivity contribution in [3.63, 3.8) is 0 Å². The number of hydrogen-bond donors (Lipinski definition) is 7. The van der Waals surface area contributed by atoms with E-state index in [9.17, 15) is 9.18 Å². The summed E-state index contributed by atoms with van der Waals surface area (Å²) in [5.74, 6) is -0.525. The number of hydrogen-bond acceptors (Lipinski definition) is 3. The van der Waals surface area contributed by atoms with Gasteiger partial charge in [0.25, 0.3) is 0 Å². The van der Waals surface area contributed by atoms with Crippen molar-refractivity contribution in [1.82, 2.24) is 4.90 Å². The maximum Gasteiger partial charge on any atom is 0.321 e. The van der Waals surface area contributed by atoms with Gasteiger partial charge >= 0.3 is 19.5 Å². The molecule has 0 radical (unpaired) electrons. The van der Waals surface area contributed by atoms with E-state index < -0.39 is 29.1 Å². The third-order valence-corrected chi connectivity index (χ3v) is 2.24. The molecule has 0 aromatic heterocycles. The molecule has 27 heavy (non-hydrogen) atoms. The normalized spacial score (nSPS) is 11.4. The van der Waals surface area contributed by atoms with E-state index in [1.807, 2.05) is 0 Å². The Hall–Kier alpha value is 0.350. The Kier molecular flexibility index (Phi) is 14.0. The van der Waals surface area contributed by atoms with E-state index in [1.165, 1.54) is 25.2 Å². The van der Waals surface area contributed by atoms with E-state index >= 15 is 0 Å². The first-order valence-electron chi connectivity index (χ1n) is 6.19. The first kappa shape index (κ1) is 29.6. The SMILES string of the molecule is CN(CC(Cl)(Cl)Cl)C(=O)Nc1ccccc1F.OP(O)(O)=S.OP(O)(O)=S. The minimum Gasteiger partial charge on any atom is -0.325 e. The molecular weight excluding hydrogens is 512 g/mol. The zero-order chi connectivity index (χ0) is 22.1. The number of carbonyl (C=O) groups excluding carboxylic acids is 1. The van der Waals surface area contributed by atoms with Crippen molar-refractivity contribution in [1.29, 1.82) is 0 Å². The number of benzene rings is 1. The van der Waals surface area contributed by atoms with Crippen molar-refractivity contribution < 1.29 is 38.5 Å². The molecule has 1 aromatic rings. The van der Waals surface area contributed by atoms with E-state index in [-0.39, 0.29) is 12.2 Å². The number of urea groups is 1. The number of rotatable bonds is 2. The van der Waals surface area contributed by atoms with Crippen LogP contribution in [0.2, 0.25) is 0 Å². The zero-order valence-electron chi connectivity index (χ0n) is 13.3. The highest BCUT2D eigenvalue weighted by atomic mass is 35.6. The molecule has 158 valence electrons. The molecule has 0 bridgehead atoms. The molecule has 0 aliphatic heterocycles. The standard InChI is InChI=1S/C10H10Cl3FN2O.2H3O3PS/c1-16(6-10(11,12)13)9(17)15-8-5-3-2-4-7(8)14;2*1-4(2,3)5/h2-5H,6H2,1H3,(H,15,17);2*(H3,1,2,3,5). The van der Waals surface area contributed by atoms with Crippen LogP contribution in [0.4, 0.5) is 14.9 Å². The van der Waals surface area contributed by atoms with Crippen molar-refractivity contribution >= 4 is 83.6 Å². The number of halogens is 4. The number of amides is 2. The Labute approximate surface area is 179 Å². The fraction of sp³-hybridized carbons (Fsp3) is 0.300. The Balaban J connectivity index is 0. The zero-order valence-corrected chi connectivity index (χ0v) is 19.0. The van der Waals surface area contributed by atoms with Crippen LogP contribution in [0.15, 0.2) is 24.3 Å². The molecule has 0 fully saturated rings. The lowest BCUT2D eigenvalue weighted by atomic mass is 10.3. The number of para-hydroxylation sites is 1. The van der Waals surface area contributed by atoms with Gasteiger partial charge in [-0.15, -0.1) is 0 Å². The molecule has 0 saturated heterocycles. The summed E-state index contributed by atoms with van der Waals surface area (Å²) in [6.07, 6.45) is 0. The summed E-state index contributed by atoms with van der Waals surface area (Å²) in [7, 11) is 1.44. The van der Waals surface area contributed by atoms with Gasteiger partial charge in [-0.1, -0.05) is 46.9 Å². The lowest BCUT2D eigenvalue weighted by Crippen LogP contribution is -2.37. The fourth-order valence-electron chi connectivity index (χ4n) is 1.11. The lowest BCUT2D eigenvalue weighted by molar-refractivity contribution is 0.223. The Morgan fingerprint density at radius 3 is 1.81 bits per heavy atom. The highest BCUT2D eigenvalue weighted by molar-refractivity contribution is 8.06. The highest BCUT2D eigenvalue weighted by Gasteiger charge is 2.24. The van der Waals surface area contributed by atoms with Gasteiger partial charge in [0.05, 0.1) is 12.2 Å². The number of alkyl halides is 3. The molecule has 0 atom stereocenters. The topological polar surface area (TPSA) is 154 Å². The summed E-state index contributed by atoms with van der Waals surface area (Å²) in [6.45, 7) is -7.71. The van der Waals surface area contributed by atoms with Crippen LogP contribution in [-0.2, 0) is 23.6 Å². The van der Waals surface area contributed by atoms with E-state index in [0.717, 1.165) is 4.90 Å². The molecule has 1 rings (SSSR count). The van der Waals surface area contributed by atoms with Crippen LogP contribution in [0.3, 0.4) is 0 Å². The van der Waals surface area contributed by atoms with Crippen molar-refractivity contribution in [3.8, 4) is 0 Å². The van der Waals surface area contributed by atoms with Gasteiger partial charge in [-0.25, -0.2) is 9.18 Å². The Morgan fingerprint density at radius 2 is 1.48 bits per heavy atom. The van der Waals surface area contributed by atoms with Crippen LogP contribution < -0.4 is 5.32 Å². The summed E-state index contributed by atoms with van der Waals surface area (Å²) in [5.41, 5.74) is 0.0775. The molecule has 1 aromatic carbocycles. The van der Waals surface area contributed by atoms with E-state index in [1.54, 1.807) is 6.07 Å². The molecule has 7 N–H and O–H groups in total. The quantitative estimate of drug-likeness (QED) is 0.226. The molecule has 0 saturated carbocycles. The molecule has 0 aliphatic carbocycles. The molecule has 9 nitrogen and oxygen atoms in total. The summed E-state index contributed by atoms with van der Waals surface area (Å²) in [6, 6.07) is 5.26. The first-order valence-corrected chi connectivity index (χ1v) is 12.6. The van der Waals surface area contributed by atoms with Gasteiger partial charge in [0.15, 0.2) is 0 Å². The maximum atomic E-state index is 13.2. The fourth-order valence-corrected chi connectivity index (χ4v) is 1.65. The van der Waals surface area contributed by atoms with Crippen LogP contribution in [-0.4, -0.2) is 57.7 Å². The van der Waals surface area contributed by atoms with Crippen LogP contribution in [0, 0.1) is 5.82 Å². The van der Waals surface area contributed by atoms with Gasteiger partial charge in [-0.2, -0.15) is 0 Å². The van der Waals surface area contributed by atoms with Crippen molar-refractivity contribution in [2.24, 2.45) is 0 Å². The van der Waals surface area contributed by atoms with E-state index in [0.29, 0.717) is 0 Å². The van der Waals surface area contributed by atoms with Crippen LogP contribution in [0.1, 0.15) is 0 Å². The van der Waals surface area contributed by atoms with Gasteiger partial charge in [-0.3, -0.25) is 0 Å². The minimum atomic E-state index is -3.81. The number of carbonyl (C=O) groups is 1. The molecule has 0 unspecified atom stereocenters. The summed E-state index contributed by atoms with van der Waals surface area (Å²) >= 11 is 23.8. The van der Waals surface area contributed by atoms with Crippen molar-refractivity contribution in [3.05, 3.63) is 30.1 Å². The number of nitrogens with one attached hydrogen (secondary N) is 1.